The minimum absolute atomic E-state index is 0.0330. The predicted molar refractivity (Wildman–Crippen MR) is 62.7 cm³/mol. The quantitative estimate of drug-likeness (QED) is 0.455. The van der Waals surface area contributed by atoms with Crippen LogP contribution in [0, 0.1) is 11.3 Å². The number of nitrogens with one attached hydrogen (secondary N) is 1. The monoisotopic (exact) mass is 250 g/mol. The zero-order valence-corrected chi connectivity index (χ0v) is 10.7. The third-order valence-corrected chi connectivity index (χ3v) is 2.86. The fourth-order valence-corrected chi connectivity index (χ4v) is 2.21. The number of alkyl halides is 3. The van der Waals surface area contributed by atoms with Crippen molar-refractivity contribution in [3.63, 3.8) is 0 Å². The second-order valence-corrected chi connectivity index (χ2v) is 5.93. The third kappa shape index (κ3) is 5.94. The van der Waals surface area contributed by atoms with Crippen LogP contribution in [0.3, 0.4) is 0 Å². The lowest BCUT2D eigenvalue weighted by Gasteiger charge is -2.23. The Balaban J connectivity index is 2.71. The van der Waals surface area contributed by atoms with Crippen molar-refractivity contribution in [2.75, 3.05) is 0 Å². The van der Waals surface area contributed by atoms with Crippen molar-refractivity contribution in [2.24, 2.45) is 16.4 Å². The Hall–Kier alpha value is -0.740. The number of hydrogen-bond donors (Lipinski definition) is 1. The Labute approximate surface area is 101 Å². The van der Waals surface area contributed by atoms with Gasteiger partial charge >= 0.3 is 6.30 Å². The summed E-state index contributed by atoms with van der Waals surface area (Å²) in [5.41, 5.74) is 1.95. The fourth-order valence-electron chi connectivity index (χ4n) is 2.21. The van der Waals surface area contributed by atoms with Gasteiger partial charge in [-0.2, -0.15) is 5.10 Å². The molecule has 0 aromatic heterocycles. The second-order valence-electron chi connectivity index (χ2n) is 5.93. The van der Waals surface area contributed by atoms with Crippen molar-refractivity contribution >= 4 is 5.71 Å². The van der Waals surface area contributed by atoms with Crippen LogP contribution in [0.1, 0.15) is 52.9 Å². The summed E-state index contributed by atoms with van der Waals surface area (Å²) < 4.78 is 36.4. The molecule has 0 heterocycles. The Morgan fingerprint density at radius 1 is 1.18 bits per heavy atom. The van der Waals surface area contributed by atoms with Crippen molar-refractivity contribution in [1.29, 1.82) is 0 Å². The molecule has 0 saturated heterocycles. The van der Waals surface area contributed by atoms with Crippen molar-refractivity contribution in [3.8, 4) is 0 Å². The molecule has 1 aliphatic rings. The summed E-state index contributed by atoms with van der Waals surface area (Å²) in [4.78, 5) is 0. The van der Waals surface area contributed by atoms with Crippen LogP contribution < -0.4 is 5.43 Å². The van der Waals surface area contributed by atoms with Crippen molar-refractivity contribution in [3.05, 3.63) is 0 Å². The molecule has 1 saturated carbocycles. The highest BCUT2D eigenvalue weighted by Gasteiger charge is 2.29. The van der Waals surface area contributed by atoms with E-state index >= 15 is 0 Å². The molecular weight excluding hydrogens is 229 g/mol. The lowest BCUT2D eigenvalue weighted by molar-refractivity contribution is -0.156. The number of nitrogens with zero attached hydrogens (tertiary/aromatic N) is 1. The molecule has 0 radical (unpaired) electrons. The van der Waals surface area contributed by atoms with Gasteiger partial charge in [0.2, 0.25) is 0 Å². The van der Waals surface area contributed by atoms with Crippen molar-refractivity contribution in [2.45, 2.75) is 59.2 Å². The van der Waals surface area contributed by atoms with E-state index in [0.717, 1.165) is 25.7 Å². The van der Waals surface area contributed by atoms with E-state index in [9.17, 15) is 13.2 Å². The van der Waals surface area contributed by atoms with Crippen molar-refractivity contribution in [1.82, 2.24) is 5.43 Å². The highest BCUT2D eigenvalue weighted by Crippen LogP contribution is 2.31. The first kappa shape index (κ1) is 14.3. The van der Waals surface area contributed by atoms with Gasteiger partial charge in [0.1, 0.15) is 0 Å². The maximum atomic E-state index is 12.1. The van der Waals surface area contributed by atoms with Gasteiger partial charge in [0, 0.05) is 5.71 Å². The molecule has 0 bridgehead atoms. The molecule has 1 fully saturated rings. The topological polar surface area (TPSA) is 24.4 Å². The van der Waals surface area contributed by atoms with Crippen LogP contribution in [0.2, 0.25) is 0 Å². The number of hydrogen-bond acceptors (Lipinski definition) is 2. The molecule has 0 aliphatic heterocycles. The van der Waals surface area contributed by atoms with Crippen LogP contribution in [-0.2, 0) is 0 Å². The molecule has 0 aromatic carbocycles. The Bertz CT molecular complexity index is 270. The standard InChI is InChI=1S/C12H21F3N2/c1-11(2,3)8-10(9-6-4-5-7-9)16-17-12(13,14)15/h9,17H,4-8H2,1-3H3/b16-10-. The van der Waals surface area contributed by atoms with Crippen LogP contribution in [0.5, 0.6) is 0 Å². The first-order valence-electron chi connectivity index (χ1n) is 6.08. The lowest BCUT2D eigenvalue weighted by atomic mass is 9.84. The number of hydrazone groups is 1. The molecule has 0 atom stereocenters. The molecule has 5 heteroatoms. The summed E-state index contributed by atoms with van der Waals surface area (Å²) in [6, 6.07) is 0. The maximum absolute atomic E-state index is 12.1. The second kappa shape index (κ2) is 5.27. The van der Waals surface area contributed by atoms with Gasteiger partial charge in [0.15, 0.2) is 0 Å². The van der Waals surface area contributed by atoms with Gasteiger partial charge < -0.3 is 0 Å². The average Bonchev–Trinajstić information content (AvgIpc) is 2.61. The number of rotatable bonds is 3. The van der Waals surface area contributed by atoms with E-state index < -0.39 is 6.30 Å². The van der Waals surface area contributed by atoms with Crippen LogP contribution in [0.15, 0.2) is 5.10 Å². The summed E-state index contributed by atoms with van der Waals surface area (Å²) in [5, 5.41) is 3.60. The predicted octanol–water partition coefficient (Wildman–Crippen LogP) is 4.08. The molecule has 0 spiro atoms. The molecule has 0 amide bonds. The molecule has 0 unspecified atom stereocenters. The Morgan fingerprint density at radius 2 is 1.71 bits per heavy atom. The summed E-state index contributed by atoms with van der Waals surface area (Å²) >= 11 is 0. The summed E-state index contributed by atoms with van der Waals surface area (Å²) in [6.45, 7) is 6.06. The Morgan fingerprint density at radius 3 is 2.12 bits per heavy atom. The van der Waals surface area contributed by atoms with Gasteiger partial charge in [-0.3, -0.25) is 0 Å². The zero-order chi connectivity index (χ0) is 13.1. The van der Waals surface area contributed by atoms with Crippen LogP contribution in [0.4, 0.5) is 13.2 Å². The number of halogens is 3. The van der Waals surface area contributed by atoms with Gasteiger partial charge in [0.05, 0.1) is 0 Å². The molecule has 1 rings (SSSR count). The van der Waals surface area contributed by atoms with E-state index in [1.807, 2.05) is 20.8 Å². The van der Waals surface area contributed by atoms with Crippen LogP contribution in [0.25, 0.3) is 0 Å². The van der Waals surface area contributed by atoms with Gasteiger partial charge in [-0.15, -0.1) is 13.2 Å². The van der Waals surface area contributed by atoms with Gasteiger partial charge in [0.25, 0.3) is 0 Å². The first-order chi connectivity index (χ1) is 7.67. The molecule has 0 aromatic rings. The molecule has 17 heavy (non-hydrogen) atoms. The van der Waals surface area contributed by atoms with Gasteiger partial charge in [-0.05, 0) is 30.6 Å². The highest BCUT2D eigenvalue weighted by molar-refractivity contribution is 5.87. The van der Waals surface area contributed by atoms with Crippen molar-refractivity contribution < 1.29 is 13.2 Å². The smallest absolute Gasteiger partial charge is 0.218 e. The summed E-state index contributed by atoms with van der Waals surface area (Å²) in [6.07, 6.45) is 0.311. The van der Waals surface area contributed by atoms with E-state index in [1.54, 1.807) is 0 Å². The van der Waals surface area contributed by atoms with Gasteiger partial charge in [-0.1, -0.05) is 33.6 Å². The average molecular weight is 250 g/mol. The largest absolute Gasteiger partial charge is 0.497 e. The highest BCUT2D eigenvalue weighted by atomic mass is 19.4. The van der Waals surface area contributed by atoms with E-state index in [-0.39, 0.29) is 11.3 Å². The maximum Gasteiger partial charge on any atom is 0.497 e. The molecule has 1 N–H and O–H groups in total. The third-order valence-electron chi connectivity index (χ3n) is 2.86. The van der Waals surface area contributed by atoms with E-state index in [4.69, 9.17) is 0 Å². The fraction of sp³-hybridized carbons (Fsp3) is 0.917. The first-order valence-corrected chi connectivity index (χ1v) is 6.08. The SMILES string of the molecule is CC(C)(C)C/C(=N/NC(F)(F)F)C1CCCC1. The zero-order valence-electron chi connectivity index (χ0n) is 10.7. The van der Waals surface area contributed by atoms with Crippen LogP contribution >= 0.6 is 0 Å². The normalized spacial score (nSPS) is 19.8. The van der Waals surface area contributed by atoms with Gasteiger partial charge in [-0.25, -0.2) is 5.43 Å². The van der Waals surface area contributed by atoms with E-state index in [2.05, 4.69) is 5.10 Å². The summed E-state index contributed by atoms with van der Waals surface area (Å²) in [7, 11) is 0. The molecular formula is C12H21F3N2. The molecule has 1 aliphatic carbocycles. The molecule has 2 nitrogen and oxygen atoms in total. The minimum Gasteiger partial charge on any atom is -0.218 e. The van der Waals surface area contributed by atoms with E-state index in [0.29, 0.717) is 12.1 Å². The Kier molecular flexibility index (Phi) is 4.44. The molecule has 100 valence electrons. The van der Waals surface area contributed by atoms with Crippen LogP contribution in [-0.4, -0.2) is 12.0 Å². The van der Waals surface area contributed by atoms with E-state index in [1.165, 1.54) is 5.43 Å². The minimum atomic E-state index is -4.43. The lowest BCUT2D eigenvalue weighted by Crippen LogP contribution is -2.30. The summed E-state index contributed by atoms with van der Waals surface area (Å²) in [5.74, 6) is 0.226.